The van der Waals surface area contributed by atoms with Gasteiger partial charge in [0.1, 0.15) is 11.4 Å². The summed E-state index contributed by atoms with van der Waals surface area (Å²) in [4.78, 5) is 17.6. The van der Waals surface area contributed by atoms with E-state index in [9.17, 15) is 31.5 Å². The highest BCUT2D eigenvalue weighted by Crippen LogP contribution is 2.48. The number of nitrogens with one attached hydrogen (secondary N) is 1. The molecule has 0 aliphatic carbocycles. The largest absolute Gasteiger partial charge is 0.512 e. The number of nitrogen functional groups attached to an aromatic ring is 1. The van der Waals surface area contributed by atoms with Crippen LogP contribution in [0.4, 0.5) is 24.5 Å². The molecule has 2 aromatic carbocycles. The Morgan fingerprint density at radius 1 is 1.05 bits per heavy atom. The van der Waals surface area contributed by atoms with E-state index in [0.29, 0.717) is 12.0 Å². The standard InChI is InChI=1S/C32H36F3N3O5S/c1-30(2,3)28(22-10-7-11-24(18-22)38-44(41,42)26-19-23(36)13-17-37-26)27-25(39)20-31(43-29(27)40,15-16-32(33,34)35)14-12-21-8-5-4-6-9-21/h4-11,13,17-19,28,38-39H,12,14-16,20H2,1-3H3,(H2,36,37). The molecule has 2 heterocycles. The molecule has 236 valence electrons. The molecule has 4 rings (SSSR count). The zero-order chi connectivity index (χ0) is 32.3. The van der Waals surface area contributed by atoms with E-state index >= 15 is 0 Å². The Bertz CT molecular complexity index is 1640. The van der Waals surface area contributed by atoms with E-state index in [2.05, 4.69) is 9.71 Å². The molecule has 2 unspecified atom stereocenters. The first-order valence-corrected chi connectivity index (χ1v) is 15.6. The summed E-state index contributed by atoms with van der Waals surface area (Å²) < 4.78 is 74.3. The molecular formula is C32H36F3N3O5S. The molecule has 0 amide bonds. The first kappa shape index (κ1) is 32.8. The van der Waals surface area contributed by atoms with Gasteiger partial charge in [-0.15, -0.1) is 0 Å². The number of nitrogens with two attached hydrogens (primary N) is 1. The van der Waals surface area contributed by atoms with Crippen molar-refractivity contribution in [1.82, 2.24) is 4.98 Å². The molecule has 1 aliphatic heterocycles. The first-order chi connectivity index (χ1) is 20.5. The van der Waals surface area contributed by atoms with Gasteiger partial charge in [-0.2, -0.15) is 21.6 Å². The van der Waals surface area contributed by atoms with Crippen LogP contribution in [0.15, 0.2) is 89.3 Å². The molecule has 44 heavy (non-hydrogen) atoms. The molecule has 0 radical (unpaired) electrons. The van der Waals surface area contributed by atoms with Crippen LogP contribution in [0.3, 0.4) is 0 Å². The van der Waals surface area contributed by atoms with Gasteiger partial charge in [0.15, 0.2) is 5.03 Å². The Morgan fingerprint density at radius 3 is 2.36 bits per heavy atom. The Hall–Kier alpha value is -4.06. The number of hydrogen-bond acceptors (Lipinski definition) is 7. The van der Waals surface area contributed by atoms with Crippen molar-refractivity contribution in [3.63, 3.8) is 0 Å². The second-order valence-corrected chi connectivity index (χ2v) is 13.8. The highest BCUT2D eigenvalue weighted by Gasteiger charge is 2.47. The van der Waals surface area contributed by atoms with Crippen molar-refractivity contribution in [2.75, 3.05) is 10.5 Å². The number of nitrogens with zero attached hydrogens (tertiary/aromatic N) is 1. The molecule has 12 heteroatoms. The van der Waals surface area contributed by atoms with Gasteiger partial charge in [0.05, 0.1) is 5.57 Å². The number of ether oxygens (including phenoxy) is 1. The number of sulfonamides is 1. The zero-order valence-electron chi connectivity index (χ0n) is 24.7. The van der Waals surface area contributed by atoms with Crippen LogP contribution in [0.1, 0.15) is 63.5 Å². The van der Waals surface area contributed by atoms with Gasteiger partial charge in [-0.25, -0.2) is 9.78 Å². The number of aryl methyl sites for hydroxylation is 1. The summed E-state index contributed by atoms with van der Waals surface area (Å²) in [6, 6.07) is 18.1. The maximum Gasteiger partial charge on any atom is 0.389 e. The smallest absolute Gasteiger partial charge is 0.389 e. The van der Waals surface area contributed by atoms with Gasteiger partial charge >= 0.3 is 12.1 Å². The van der Waals surface area contributed by atoms with E-state index in [4.69, 9.17) is 10.5 Å². The summed E-state index contributed by atoms with van der Waals surface area (Å²) >= 11 is 0. The minimum absolute atomic E-state index is 0.0719. The molecule has 4 N–H and O–H groups in total. The van der Waals surface area contributed by atoms with Gasteiger partial charge in [-0.1, -0.05) is 63.2 Å². The quantitative estimate of drug-likeness (QED) is 0.204. The molecule has 0 bridgehead atoms. The molecule has 0 spiro atoms. The lowest BCUT2D eigenvalue weighted by atomic mass is 9.70. The number of benzene rings is 2. The van der Waals surface area contributed by atoms with E-state index in [-0.39, 0.29) is 40.6 Å². The third kappa shape index (κ3) is 8.10. The Balaban J connectivity index is 1.69. The number of carbonyl (C=O) groups is 1. The lowest BCUT2D eigenvalue weighted by Gasteiger charge is -2.41. The maximum absolute atomic E-state index is 13.7. The number of esters is 1. The lowest BCUT2D eigenvalue weighted by Crippen LogP contribution is -2.43. The van der Waals surface area contributed by atoms with Crippen molar-refractivity contribution in [3.05, 3.63) is 95.4 Å². The van der Waals surface area contributed by atoms with Crippen LogP contribution in [0.5, 0.6) is 0 Å². The third-order valence-electron chi connectivity index (χ3n) is 7.57. The third-order valence-corrected chi connectivity index (χ3v) is 8.85. The van der Waals surface area contributed by atoms with Crippen molar-refractivity contribution < 1.29 is 36.2 Å². The molecule has 3 aromatic rings. The van der Waals surface area contributed by atoms with Crippen LogP contribution in [0.2, 0.25) is 0 Å². The SMILES string of the molecule is CC(C)(C)C(C1=C(O)CC(CCc2ccccc2)(CCC(F)(F)F)OC1=O)c1cccc(NS(=O)(=O)c2cc(N)ccn2)c1. The monoisotopic (exact) mass is 631 g/mol. The first-order valence-electron chi connectivity index (χ1n) is 14.1. The predicted molar refractivity (Wildman–Crippen MR) is 161 cm³/mol. The van der Waals surface area contributed by atoms with Crippen LogP contribution in [0.25, 0.3) is 0 Å². The van der Waals surface area contributed by atoms with E-state index in [1.807, 2.05) is 51.1 Å². The summed E-state index contributed by atoms with van der Waals surface area (Å²) in [6.45, 7) is 5.50. The molecule has 1 aliphatic rings. The number of pyridine rings is 1. The Labute approximate surface area is 255 Å². The highest BCUT2D eigenvalue weighted by atomic mass is 32.2. The van der Waals surface area contributed by atoms with E-state index in [1.165, 1.54) is 30.5 Å². The summed E-state index contributed by atoms with van der Waals surface area (Å²) in [5, 5.41) is 11.1. The van der Waals surface area contributed by atoms with E-state index < -0.39 is 51.9 Å². The fourth-order valence-corrected chi connectivity index (χ4v) is 6.57. The number of aliphatic hydroxyl groups is 1. The van der Waals surface area contributed by atoms with Crippen LogP contribution >= 0.6 is 0 Å². The molecule has 8 nitrogen and oxygen atoms in total. The van der Waals surface area contributed by atoms with Gasteiger partial charge in [0.25, 0.3) is 10.0 Å². The van der Waals surface area contributed by atoms with Crippen molar-refractivity contribution in [2.45, 2.75) is 75.6 Å². The normalized spacial score (nSPS) is 18.5. The maximum atomic E-state index is 13.7. The number of halogens is 3. The fraction of sp³-hybridized carbons (Fsp3) is 0.375. The fourth-order valence-electron chi connectivity index (χ4n) is 5.54. The zero-order valence-corrected chi connectivity index (χ0v) is 25.5. The topological polar surface area (TPSA) is 132 Å². The molecule has 1 aromatic heterocycles. The summed E-state index contributed by atoms with van der Waals surface area (Å²) in [5.41, 5.74) is 5.13. The average Bonchev–Trinajstić information content (AvgIpc) is 2.92. The summed E-state index contributed by atoms with van der Waals surface area (Å²) in [5.74, 6) is -2.04. The number of hydrogen-bond donors (Lipinski definition) is 3. The Morgan fingerprint density at radius 2 is 1.75 bits per heavy atom. The Kier molecular flexibility index (Phi) is 9.34. The summed E-state index contributed by atoms with van der Waals surface area (Å²) in [6.07, 6.45) is -4.72. The minimum Gasteiger partial charge on any atom is -0.512 e. The number of carbonyl (C=O) groups excluding carboxylic acids is 1. The molecule has 0 fully saturated rings. The number of anilines is 2. The molecular weight excluding hydrogens is 595 g/mol. The second-order valence-electron chi connectivity index (χ2n) is 12.2. The van der Waals surface area contributed by atoms with Crippen molar-refractivity contribution in [1.29, 1.82) is 0 Å². The van der Waals surface area contributed by atoms with Crippen molar-refractivity contribution in [3.8, 4) is 0 Å². The van der Waals surface area contributed by atoms with E-state index in [1.54, 1.807) is 12.1 Å². The predicted octanol–water partition coefficient (Wildman–Crippen LogP) is 7.07. The number of aromatic nitrogens is 1. The second kappa shape index (κ2) is 12.5. The van der Waals surface area contributed by atoms with Gasteiger partial charge in [0.2, 0.25) is 0 Å². The number of cyclic esters (lactones) is 1. The van der Waals surface area contributed by atoms with Gasteiger partial charge in [-0.05, 0) is 54.0 Å². The number of alkyl halides is 3. The molecule has 0 saturated carbocycles. The van der Waals surface area contributed by atoms with Crippen LogP contribution in [-0.2, 0) is 26.0 Å². The van der Waals surface area contributed by atoms with Gasteiger partial charge < -0.3 is 15.6 Å². The molecule has 2 atom stereocenters. The van der Waals surface area contributed by atoms with Crippen molar-refractivity contribution in [2.24, 2.45) is 5.41 Å². The highest BCUT2D eigenvalue weighted by molar-refractivity contribution is 7.92. The minimum atomic E-state index is -4.48. The van der Waals surface area contributed by atoms with Gasteiger partial charge in [-0.3, -0.25) is 4.72 Å². The number of aliphatic hydroxyl groups excluding tert-OH is 1. The average molecular weight is 632 g/mol. The van der Waals surface area contributed by atoms with Gasteiger partial charge in [0, 0.05) is 42.4 Å². The lowest BCUT2D eigenvalue weighted by molar-refractivity contribution is -0.174. The van der Waals surface area contributed by atoms with Crippen LogP contribution in [-0.4, -0.2) is 36.3 Å². The summed E-state index contributed by atoms with van der Waals surface area (Å²) in [7, 11) is -4.11. The van der Waals surface area contributed by atoms with Crippen LogP contribution in [0, 0.1) is 5.41 Å². The molecule has 0 saturated heterocycles. The number of rotatable bonds is 10. The van der Waals surface area contributed by atoms with E-state index in [0.717, 1.165) is 5.56 Å². The van der Waals surface area contributed by atoms with Crippen LogP contribution < -0.4 is 10.5 Å². The van der Waals surface area contributed by atoms with Crippen molar-refractivity contribution >= 4 is 27.4 Å².